The fourth-order valence-electron chi connectivity index (χ4n) is 1.19. The molecule has 1 aromatic rings. The fourth-order valence-corrected chi connectivity index (χ4v) is 1.19. The van der Waals surface area contributed by atoms with E-state index in [0.717, 1.165) is 5.56 Å². The van der Waals surface area contributed by atoms with Crippen molar-refractivity contribution < 1.29 is 14.6 Å². The molecule has 1 atom stereocenters. The van der Waals surface area contributed by atoms with Crippen LogP contribution in [0, 0.1) is 6.92 Å². The molecule has 0 spiro atoms. The number of carbonyl (C=O) groups is 1. The third-order valence-corrected chi connectivity index (χ3v) is 2.17. The lowest BCUT2D eigenvalue weighted by Gasteiger charge is -2.12. The first kappa shape index (κ1) is 11.5. The van der Waals surface area contributed by atoms with Crippen LogP contribution in [0.2, 0.25) is 0 Å². The molecule has 1 rings (SSSR count). The third-order valence-electron chi connectivity index (χ3n) is 2.17. The molecule has 0 amide bonds. The molecule has 0 aliphatic carbocycles. The van der Waals surface area contributed by atoms with Gasteiger partial charge in [-0.3, -0.25) is 0 Å². The molecular formula is C12H14O3. The SMILES string of the molecule is C=C(C(=O)OC)[C@H](O)c1ccc(C)cc1. The summed E-state index contributed by atoms with van der Waals surface area (Å²) in [4.78, 5) is 11.1. The Labute approximate surface area is 89.0 Å². The summed E-state index contributed by atoms with van der Waals surface area (Å²) in [6, 6.07) is 7.24. The van der Waals surface area contributed by atoms with Crippen LogP contribution in [0.1, 0.15) is 17.2 Å². The summed E-state index contributed by atoms with van der Waals surface area (Å²) < 4.78 is 4.48. The predicted molar refractivity (Wildman–Crippen MR) is 57.3 cm³/mol. The van der Waals surface area contributed by atoms with Crippen molar-refractivity contribution in [1.29, 1.82) is 0 Å². The molecule has 1 N–H and O–H groups in total. The summed E-state index contributed by atoms with van der Waals surface area (Å²) >= 11 is 0. The van der Waals surface area contributed by atoms with E-state index in [0.29, 0.717) is 5.56 Å². The molecule has 0 aromatic heterocycles. The average molecular weight is 206 g/mol. The third kappa shape index (κ3) is 2.67. The van der Waals surface area contributed by atoms with E-state index in [4.69, 9.17) is 0 Å². The highest BCUT2D eigenvalue weighted by Gasteiger charge is 2.18. The summed E-state index contributed by atoms with van der Waals surface area (Å²) in [7, 11) is 1.26. The minimum atomic E-state index is -1.00. The minimum Gasteiger partial charge on any atom is -0.466 e. The van der Waals surface area contributed by atoms with E-state index in [1.54, 1.807) is 12.1 Å². The van der Waals surface area contributed by atoms with Gasteiger partial charge in [0.25, 0.3) is 0 Å². The van der Waals surface area contributed by atoms with Crippen LogP contribution >= 0.6 is 0 Å². The Morgan fingerprint density at radius 1 is 1.40 bits per heavy atom. The zero-order chi connectivity index (χ0) is 11.4. The van der Waals surface area contributed by atoms with Crippen LogP contribution in [0.15, 0.2) is 36.4 Å². The van der Waals surface area contributed by atoms with E-state index in [1.165, 1.54) is 7.11 Å². The van der Waals surface area contributed by atoms with Crippen LogP contribution in [0.3, 0.4) is 0 Å². The summed E-state index contributed by atoms with van der Waals surface area (Å²) in [5.41, 5.74) is 1.77. The van der Waals surface area contributed by atoms with Gasteiger partial charge in [-0.1, -0.05) is 36.4 Å². The monoisotopic (exact) mass is 206 g/mol. The second kappa shape index (κ2) is 4.75. The van der Waals surface area contributed by atoms with E-state index in [-0.39, 0.29) is 5.57 Å². The molecule has 15 heavy (non-hydrogen) atoms. The largest absolute Gasteiger partial charge is 0.466 e. The Morgan fingerprint density at radius 3 is 2.40 bits per heavy atom. The zero-order valence-corrected chi connectivity index (χ0v) is 8.86. The number of aliphatic hydroxyl groups is 1. The van der Waals surface area contributed by atoms with Gasteiger partial charge >= 0.3 is 5.97 Å². The highest BCUT2D eigenvalue weighted by Crippen LogP contribution is 2.21. The summed E-state index contributed by atoms with van der Waals surface area (Å²) in [5, 5.41) is 9.78. The topological polar surface area (TPSA) is 46.5 Å². The first-order valence-electron chi connectivity index (χ1n) is 4.58. The van der Waals surface area contributed by atoms with Gasteiger partial charge in [0.1, 0.15) is 6.10 Å². The lowest BCUT2D eigenvalue weighted by Crippen LogP contribution is -2.11. The first-order chi connectivity index (χ1) is 7.06. The van der Waals surface area contributed by atoms with Gasteiger partial charge in [-0.25, -0.2) is 4.79 Å². The molecule has 0 saturated heterocycles. The number of aryl methyl sites for hydroxylation is 1. The minimum absolute atomic E-state index is 0.0429. The first-order valence-corrected chi connectivity index (χ1v) is 4.58. The Balaban J connectivity index is 2.85. The lowest BCUT2D eigenvalue weighted by atomic mass is 10.0. The number of hydrogen-bond donors (Lipinski definition) is 1. The second-order valence-electron chi connectivity index (χ2n) is 3.33. The number of carbonyl (C=O) groups excluding carboxylic acids is 1. The van der Waals surface area contributed by atoms with Crippen LogP contribution in [-0.2, 0) is 9.53 Å². The van der Waals surface area contributed by atoms with Crippen molar-refractivity contribution >= 4 is 5.97 Å². The van der Waals surface area contributed by atoms with E-state index in [9.17, 15) is 9.90 Å². The van der Waals surface area contributed by atoms with E-state index < -0.39 is 12.1 Å². The van der Waals surface area contributed by atoms with Gasteiger partial charge in [-0.15, -0.1) is 0 Å². The number of rotatable bonds is 3. The smallest absolute Gasteiger partial charge is 0.336 e. The molecule has 3 nitrogen and oxygen atoms in total. The van der Waals surface area contributed by atoms with Gasteiger partial charge in [-0.2, -0.15) is 0 Å². The van der Waals surface area contributed by atoms with Gasteiger partial charge in [0, 0.05) is 0 Å². The molecule has 0 aliphatic rings. The summed E-state index contributed by atoms with van der Waals surface area (Å²) in [6.07, 6.45) is -1.00. The van der Waals surface area contributed by atoms with Crippen LogP contribution in [0.25, 0.3) is 0 Å². The van der Waals surface area contributed by atoms with Crippen LogP contribution < -0.4 is 0 Å². The Kier molecular flexibility index (Phi) is 3.63. The van der Waals surface area contributed by atoms with E-state index in [1.807, 2.05) is 19.1 Å². The van der Waals surface area contributed by atoms with Gasteiger partial charge in [-0.05, 0) is 12.5 Å². The van der Waals surface area contributed by atoms with Crippen molar-refractivity contribution in [3.63, 3.8) is 0 Å². The maximum absolute atomic E-state index is 11.1. The Morgan fingerprint density at radius 2 is 1.93 bits per heavy atom. The van der Waals surface area contributed by atoms with Crippen molar-refractivity contribution in [2.24, 2.45) is 0 Å². The maximum Gasteiger partial charge on any atom is 0.336 e. The van der Waals surface area contributed by atoms with Gasteiger partial charge in [0.05, 0.1) is 12.7 Å². The predicted octanol–water partition coefficient (Wildman–Crippen LogP) is 1.76. The number of esters is 1. The number of methoxy groups -OCH3 is 1. The van der Waals surface area contributed by atoms with E-state index >= 15 is 0 Å². The van der Waals surface area contributed by atoms with Crippen molar-refractivity contribution in [3.8, 4) is 0 Å². The van der Waals surface area contributed by atoms with Crippen molar-refractivity contribution in [2.75, 3.05) is 7.11 Å². The van der Waals surface area contributed by atoms with Gasteiger partial charge < -0.3 is 9.84 Å². The molecule has 0 unspecified atom stereocenters. The van der Waals surface area contributed by atoms with Crippen molar-refractivity contribution in [2.45, 2.75) is 13.0 Å². The highest BCUT2D eigenvalue weighted by molar-refractivity contribution is 5.88. The number of hydrogen-bond acceptors (Lipinski definition) is 3. The van der Waals surface area contributed by atoms with Crippen LogP contribution in [-0.4, -0.2) is 18.2 Å². The van der Waals surface area contributed by atoms with Gasteiger partial charge in [0.2, 0.25) is 0 Å². The molecule has 0 saturated carbocycles. The number of ether oxygens (including phenoxy) is 1. The van der Waals surface area contributed by atoms with Gasteiger partial charge in [0.15, 0.2) is 0 Å². The quantitative estimate of drug-likeness (QED) is 0.605. The number of benzene rings is 1. The fraction of sp³-hybridized carbons (Fsp3) is 0.250. The molecule has 80 valence electrons. The zero-order valence-electron chi connectivity index (χ0n) is 8.86. The maximum atomic E-state index is 11.1. The van der Waals surface area contributed by atoms with Crippen LogP contribution in [0.4, 0.5) is 0 Å². The Bertz CT molecular complexity index is 365. The molecule has 0 radical (unpaired) electrons. The normalized spacial score (nSPS) is 11.9. The molecule has 0 aliphatic heterocycles. The summed E-state index contributed by atoms with van der Waals surface area (Å²) in [5.74, 6) is -0.594. The lowest BCUT2D eigenvalue weighted by molar-refractivity contribution is -0.137. The highest BCUT2D eigenvalue weighted by atomic mass is 16.5. The molecule has 1 aromatic carbocycles. The molecule has 0 bridgehead atoms. The molecular weight excluding hydrogens is 192 g/mol. The molecule has 0 heterocycles. The van der Waals surface area contributed by atoms with E-state index in [2.05, 4.69) is 11.3 Å². The van der Waals surface area contributed by atoms with Crippen molar-refractivity contribution in [1.82, 2.24) is 0 Å². The molecule has 3 heteroatoms. The standard InChI is InChI=1S/C12H14O3/c1-8-4-6-10(7-5-8)11(13)9(2)12(14)15-3/h4-7,11,13H,2H2,1,3H3/t11-/m0/s1. The number of aliphatic hydroxyl groups excluding tert-OH is 1. The van der Waals surface area contributed by atoms with Crippen molar-refractivity contribution in [3.05, 3.63) is 47.5 Å². The Hall–Kier alpha value is -1.61. The second-order valence-corrected chi connectivity index (χ2v) is 3.33. The van der Waals surface area contributed by atoms with Crippen LogP contribution in [0.5, 0.6) is 0 Å². The molecule has 0 fully saturated rings. The average Bonchev–Trinajstić information content (AvgIpc) is 2.27. The summed E-state index contributed by atoms with van der Waals surface area (Å²) in [6.45, 7) is 5.45.